The van der Waals surface area contributed by atoms with Crippen LogP contribution in [0.3, 0.4) is 0 Å². The Labute approximate surface area is 175 Å². The molecule has 2 N–H and O–H groups in total. The van der Waals surface area contributed by atoms with Crippen LogP contribution in [-0.4, -0.2) is 45.7 Å². The molecule has 0 fully saturated rings. The lowest BCUT2D eigenvalue weighted by atomic mass is 10.0. The van der Waals surface area contributed by atoms with Crippen molar-refractivity contribution in [2.75, 3.05) is 13.1 Å². The van der Waals surface area contributed by atoms with E-state index in [4.69, 9.17) is 0 Å². The van der Waals surface area contributed by atoms with E-state index in [9.17, 15) is 14.4 Å². The number of para-hydroxylation sites is 1. The van der Waals surface area contributed by atoms with Crippen molar-refractivity contribution >= 4 is 22.6 Å². The summed E-state index contributed by atoms with van der Waals surface area (Å²) in [5.41, 5.74) is 1.41. The molecular formula is C23H26N4O3. The molecule has 7 nitrogen and oxygen atoms in total. The maximum Gasteiger partial charge on any atom is 0.258 e. The summed E-state index contributed by atoms with van der Waals surface area (Å²) in [5, 5.41) is 3.37. The molecule has 3 rings (SSSR count). The summed E-state index contributed by atoms with van der Waals surface area (Å²) in [5.74, 6) is 0.174. The predicted octanol–water partition coefficient (Wildman–Crippen LogP) is 2.06. The van der Waals surface area contributed by atoms with Crippen molar-refractivity contribution in [1.82, 2.24) is 20.2 Å². The van der Waals surface area contributed by atoms with Gasteiger partial charge in [-0.1, -0.05) is 49.4 Å². The van der Waals surface area contributed by atoms with Gasteiger partial charge in [0, 0.05) is 0 Å². The van der Waals surface area contributed by atoms with Gasteiger partial charge in [-0.3, -0.25) is 19.3 Å². The zero-order valence-electron chi connectivity index (χ0n) is 17.2. The molecule has 0 radical (unpaired) electrons. The normalized spacial score (nSPS) is 12.1. The highest BCUT2D eigenvalue weighted by molar-refractivity contribution is 5.88. The fraction of sp³-hybridized carbons (Fsp3) is 0.304. The zero-order chi connectivity index (χ0) is 21.5. The number of nitrogens with zero attached hydrogens (tertiary/aromatic N) is 2. The van der Waals surface area contributed by atoms with Crippen molar-refractivity contribution in [3.05, 3.63) is 76.3 Å². The second kappa shape index (κ2) is 9.93. The number of carbonyl (C=O) groups is 2. The van der Waals surface area contributed by atoms with Gasteiger partial charge >= 0.3 is 0 Å². The quantitative estimate of drug-likeness (QED) is 0.567. The van der Waals surface area contributed by atoms with Crippen molar-refractivity contribution in [2.45, 2.75) is 32.9 Å². The van der Waals surface area contributed by atoms with E-state index in [1.807, 2.05) is 48.2 Å². The van der Waals surface area contributed by atoms with E-state index in [-0.39, 0.29) is 23.8 Å². The lowest BCUT2D eigenvalue weighted by molar-refractivity contribution is -0.127. The fourth-order valence-electron chi connectivity index (χ4n) is 3.29. The van der Waals surface area contributed by atoms with E-state index in [2.05, 4.69) is 15.3 Å². The molecule has 0 saturated heterocycles. The first-order chi connectivity index (χ1) is 14.5. The molecular weight excluding hydrogens is 380 g/mol. The maximum absolute atomic E-state index is 12.6. The molecule has 0 unspecified atom stereocenters. The van der Waals surface area contributed by atoms with Crippen LogP contribution in [0.5, 0.6) is 0 Å². The Kier molecular flexibility index (Phi) is 7.08. The highest BCUT2D eigenvalue weighted by Gasteiger charge is 2.19. The van der Waals surface area contributed by atoms with Crippen molar-refractivity contribution < 1.29 is 9.59 Å². The van der Waals surface area contributed by atoms with Gasteiger partial charge in [0.05, 0.1) is 30.0 Å². The Bertz CT molecular complexity index is 1080. The number of likely N-dealkylation sites (N-methyl/N-ethyl adjacent to an activating group) is 1. The molecule has 0 saturated carbocycles. The summed E-state index contributed by atoms with van der Waals surface area (Å²) < 4.78 is 0. The lowest BCUT2D eigenvalue weighted by Crippen LogP contribution is -2.46. The van der Waals surface area contributed by atoms with Crippen LogP contribution in [0, 0.1) is 0 Å². The van der Waals surface area contributed by atoms with Crippen LogP contribution in [-0.2, 0) is 22.6 Å². The largest absolute Gasteiger partial charge is 0.345 e. The van der Waals surface area contributed by atoms with Crippen LogP contribution in [0.25, 0.3) is 10.9 Å². The number of nitrogens with one attached hydrogen (secondary N) is 2. The van der Waals surface area contributed by atoms with Crippen LogP contribution in [0.15, 0.2) is 59.4 Å². The van der Waals surface area contributed by atoms with E-state index in [0.717, 1.165) is 5.56 Å². The number of fused-ring (bicyclic) bond motifs is 1. The SMILES string of the molecule is CCN(CC(=O)N[C@@H](Cc1ccccc1)C(C)=O)Cc1nc2ccccc2c(=O)[nH]1. The van der Waals surface area contributed by atoms with Crippen LogP contribution >= 0.6 is 0 Å². The Morgan fingerprint density at radius 1 is 1.10 bits per heavy atom. The highest BCUT2D eigenvalue weighted by atomic mass is 16.2. The maximum atomic E-state index is 12.6. The Morgan fingerprint density at radius 2 is 1.80 bits per heavy atom. The molecule has 0 bridgehead atoms. The van der Waals surface area contributed by atoms with Gasteiger partial charge in [0.2, 0.25) is 5.91 Å². The topological polar surface area (TPSA) is 95.2 Å². The molecule has 1 heterocycles. The number of hydrogen-bond donors (Lipinski definition) is 2. The van der Waals surface area contributed by atoms with Gasteiger partial charge in [-0.25, -0.2) is 4.98 Å². The van der Waals surface area contributed by atoms with Crippen molar-refractivity contribution in [1.29, 1.82) is 0 Å². The molecule has 156 valence electrons. The summed E-state index contributed by atoms with van der Waals surface area (Å²) in [7, 11) is 0. The third-order valence-electron chi connectivity index (χ3n) is 4.96. The van der Waals surface area contributed by atoms with Crippen LogP contribution < -0.4 is 10.9 Å². The van der Waals surface area contributed by atoms with Gasteiger partial charge in [-0.05, 0) is 37.6 Å². The van der Waals surface area contributed by atoms with E-state index in [0.29, 0.717) is 36.2 Å². The van der Waals surface area contributed by atoms with Crippen molar-refractivity contribution in [2.24, 2.45) is 0 Å². The third kappa shape index (κ3) is 5.61. The smallest absolute Gasteiger partial charge is 0.258 e. The number of amides is 1. The van der Waals surface area contributed by atoms with E-state index in [1.54, 1.807) is 18.2 Å². The average Bonchev–Trinajstić information content (AvgIpc) is 2.73. The van der Waals surface area contributed by atoms with Crippen LogP contribution in [0.4, 0.5) is 0 Å². The molecule has 7 heteroatoms. The first-order valence-electron chi connectivity index (χ1n) is 10.00. The highest BCUT2D eigenvalue weighted by Crippen LogP contribution is 2.08. The molecule has 0 spiro atoms. The number of benzene rings is 2. The second-order valence-electron chi connectivity index (χ2n) is 7.25. The molecule has 3 aromatic rings. The minimum Gasteiger partial charge on any atom is -0.345 e. The summed E-state index contributed by atoms with van der Waals surface area (Å²) in [6, 6.07) is 16.2. The molecule has 0 aliphatic heterocycles. The number of Topliss-reactive ketones (excluding diaryl/α,β-unsaturated/α-hetero) is 1. The lowest BCUT2D eigenvalue weighted by Gasteiger charge is -2.22. The monoisotopic (exact) mass is 406 g/mol. The summed E-state index contributed by atoms with van der Waals surface area (Å²) in [6.07, 6.45) is 0.452. The van der Waals surface area contributed by atoms with E-state index in [1.165, 1.54) is 6.92 Å². The minimum absolute atomic E-state index is 0.0872. The first kappa shape index (κ1) is 21.4. The van der Waals surface area contributed by atoms with Gasteiger partial charge in [0.15, 0.2) is 5.78 Å². The number of aromatic amines is 1. The summed E-state index contributed by atoms with van der Waals surface area (Å²) in [6.45, 7) is 4.43. The number of aromatic nitrogens is 2. The van der Waals surface area contributed by atoms with Gasteiger partial charge < -0.3 is 10.3 Å². The van der Waals surface area contributed by atoms with Gasteiger partial charge in [0.1, 0.15) is 5.82 Å². The second-order valence-corrected chi connectivity index (χ2v) is 7.25. The average molecular weight is 406 g/mol. The summed E-state index contributed by atoms with van der Waals surface area (Å²) >= 11 is 0. The number of carbonyl (C=O) groups excluding carboxylic acids is 2. The van der Waals surface area contributed by atoms with E-state index < -0.39 is 6.04 Å². The third-order valence-corrected chi connectivity index (χ3v) is 4.96. The molecule has 2 aromatic carbocycles. The van der Waals surface area contributed by atoms with Gasteiger partial charge in [-0.15, -0.1) is 0 Å². The van der Waals surface area contributed by atoms with Crippen molar-refractivity contribution in [3.63, 3.8) is 0 Å². The summed E-state index contributed by atoms with van der Waals surface area (Å²) in [4.78, 5) is 46.0. The molecule has 1 aromatic heterocycles. The molecule has 1 atom stereocenters. The Morgan fingerprint density at radius 3 is 2.50 bits per heavy atom. The molecule has 0 aliphatic carbocycles. The Balaban J connectivity index is 1.65. The number of rotatable bonds is 9. The molecule has 1 amide bonds. The number of hydrogen-bond acceptors (Lipinski definition) is 5. The van der Waals surface area contributed by atoms with Gasteiger partial charge in [-0.2, -0.15) is 0 Å². The van der Waals surface area contributed by atoms with Crippen LogP contribution in [0.1, 0.15) is 25.2 Å². The molecule has 30 heavy (non-hydrogen) atoms. The fourth-order valence-corrected chi connectivity index (χ4v) is 3.29. The molecule has 0 aliphatic rings. The van der Waals surface area contributed by atoms with E-state index >= 15 is 0 Å². The minimum atomic E-state index is -0.572. The first-order valence-corrected chi connectivity index (χ1v) is 10.00. The zero-order valence-corrected chi connectivity index (χ0v) is 17.2. The predicted molar refractivity (Wildman–Crippen MR) is 116 cm³/mol. The number of ketones is 1. The number of H-pyrrole nitrogens is 1. The Hall–Kier alpha value is -3.32. The standard InChI is InChI=1S/C23H26N4O3/c1-3-27(14-21-24-19-12-8-7-11-18(19)23(30)26-21)15-22(29)25-20(16(2)28)13-17-9-5-4-6-10-17/h4-12,20H,3,13-15H2,1-2H3,(H,25,29)(H,24,26,30)/t20-/m0/s1. The van der Waals surface area contributed by atoms with Gasteiger partial charge in [0.25, 0.3) is 5.56 Å². The van der Waals surface area contributed by atoms with Crippen molar-refractivity contribution in [3.8, 4) is 0 Å². The van der Waals surface area contributed by atoms with Crippen LogP contribution in [0.2, 0.25) is 0 Å².